The van der Waals surface area contributed by atoms with Crippen molar-refractivity contribution in [3.05, 3.63) is 41.5 Å². The molecule has 2 heterocycles. The lowest BCUT2D eigenvalue weighted by Gasteiger charge is -2.44. The van der Waals surface area contributed by atoms with E-state index in [1.165, 1.54) is 12.1 Å². The summed E-state index contributed by atoms with van der Waals surface area (Å²) >= 11 is 0. The summed E-state index contributed by atoms with van der Waals surface area (Å²) in [6.45, 7) is 8.59. The maximum Gasteiger partial charge on any atom is 0.274 e. The third-order valence-electron chi connectivity index (χ3n) is 5.35. The van der Waals surface area contributed by atoms with Gasteiger partial charge in [0.1, 0.15) is 17.3 Å². The molecular formula is C20H25FN4O2. The van der Waals surface area contributed by atoms with Crippen molar-refractivity contribution in [1.82, 2.24) is 19.8 Å². The quantitative estimate of drug-likeness (QED) is 0.900. The molecule has 2 atom stereocenters. The molecule has 1 aromatic carbocycles. The number of imidazole rings is 1. The molecule has 1 aliphatic rings. The van der Waals surface area contributed by atoms with Crippen LogP contribution in [0.3, 0.4) is 0 Å². The van der Waals surface area contributed by atoms with Crippen molar-refractivity contribution in [1.29, 1.82) is 0 Å². The Hall–Kier alpha value is -2.70. The number of piperazine rings is 1. The van der Waals surface area contributed by atoms with Gasteiger partial charge in [0, 0.05) is 42.9 Å². The summed E-state index contributed by atoms with van der Waals surface area (Å²) in [6, 6.07) is 5.83. The van der Waals surface area contributed by atoms with Crippen molar-refractivity contribution in [2.75, 3.05) is 13.1 Å². The molecule has 1 aromatic heterocycles. The monoisotopic (exact) mass is 372 g/mol. The van der Waals surface area contributed by atoms with Gasteiger partial charge >= 0.3 is 0 Å². The lowest BCUT2D eigenvalue weighted by Crippen LogP contribution is -2.60. The highest BCUT2D eigenvalue weighted by Crippen LogP contribution is 2.23. The maximum atomic E-state index is 13.1. The van der Waals surface area contributed by atoms with E-state index in [0.717, 1.165) is 5.56 Å². The van der Waals surface area contributed by atoms with Crippen LogP contribution in [0.5, 0.6) is 0 Å². The van der Waals surface area contributed by atoms with Crippen LogP contribution in [0, 0.1) is 12.7 Å². The second-order valence-electron chi connectivity index (χ2n) is 6.99. The molecule has 27 heavy (non-hydrogen) atoms. The van der Waals surface area contributed by atoms with Crippen LogP contribution in [0.2, 0.25) is 0 Å². The average molecular weight is 372 g/mol. The number of halogens is 1. The molecule has 1 N–H and O–H groups in total. The Bertz CT molecular complexity index is 846. The maximum absolute atomic E-state index is 13.1. The zero-order valence-electron chi connectivity index (χ0n) is 16.1. The Labute approximate surface area is 158 Å². The second-order valence-corrected chi connectivity index (χ2v) is 6.99. The van der Waals surface area contributed by atoms with Crippen molar-refractivity contribution in [2.24, 2.45) is 0 Å². The highest BCUT2D eigenvalue weighted by Gasteiger charge is 2.36. The van der Waals surface area contributed by atoms with Gasteiger partial charge in [0.25, 0.3) is 5.91 Å². The molecular weight excluding hydrogens is 347 g/mol. The molecule has 6 nitrogen and oxygen atoms in total. The number of aromatic nitrogens is 2. The Morgan fingerprint density at radius 2 is 1.74 bits per heavy atom. The lowest BCUT2D eigenvalue weighted by atomic mass is 10.0. The van der Waals surface area contributed by atoms with Crippen molar-refractivity contribution in [3.63, 3.8) is 0 Å². The number of aromatic amines is 1. The largest absolute Gasteiger partial charge is 0.341 e. The Morgan fingerprint density at radius 1 is 1.15 bits per heavy atom. The smallest absolute Gasteiger partial charge is 0.274 e. The Kier molecular flexibility index (Phi) is 5.30. The lowest BCUT2D eigenvalue weighted by molar-refractivity contribution is -0.136. The first kappa shape index (κ1) is 19.1. The van der Waals surface area contributed by atoms with Crippen LogP contribution < -0.4 is 0 Å². The van der Waals surface area contributed by atoms with E-state index in [1.54, 1.807) is 24.0 Å². The van der Waals surface area contributed by atoms with Crippen molar-refractivity contribution in [2.45, 2.75) is 46.2 Å². The van der Waals surface area contributed by atoms with Gasteiger partial charge in [-0.3, -0.25) is 9.59 Å². The van der Waals surface area contributed by atoms with Crippen LogP contribution in [0.4, 0.5) is 4.39 Å². The number of hydrogen-bond acceptors (Lipinski definition) is 3. The first-order valence-corrected chi connectivity index (χ1v) is 9.26. The number of aryl methyl sites for hydroxylation is 1. The van der Waals surface area contributed by atoms with E-state index in [2.05, 4.69) is 9.97 Å². The van der Waals surface area contributed by atoms with Crippen LogP contribution in [0.15, 0.2) is 24.3 Å². The molecule has 1 fully saturated rings. The van der Waals surface area contributed by atoms with Crippen molar-refractivity contribution < 1.29 is 14.0 Å². The minimum Gasteiger partial charge on any atom is -0.341 e. The molecule has 0 unspecified atom stereocenters. The second kappa shape index (κ2) is 7.50. The van der Waals surface area contributed by atoms with E-state index in [1.807, 2.05) is 25.7 Å². The third kappa shape index (κ3) is 3.59. The molecule has 0 aliphatic carbocycles. The number of benzene rings is 1. The van der Waals surface area contributed by atoms with Gasteiger partial charge < -0.3 is 14.8 Å². The van der Waals surface area contributed by atoms with E-state index in [4.69, 9.17) is 0 Å². The number of amides is 2. The molecule has 1 saturated heterocycles. The fourth-order valence-electron chi connectivity index (χ4n) is 3.53. The number of H-pyrrole nitrogens is 1. The molecule has 2 amide bonds. The van der Waals surface area contributed by atoms with Gasteiger partial charge in [0.15, 0.2) is 0 Å². The molecule has 0 bridgehead atoms. The summed E-state index contributed by atoms with van der Waals surface area (Å²) in [5.41, 5.74) is 1.76. The molecule has 1 aliphatic heterocycles. The number of hydrogen-bond donors (Lipinski definition) is 1. The zero-order valence-corrected chi connectivity index (χ0v) is 16.1. The van der Waals surface area contributed by atoms with Gasteiger partial charge in [-0.1, -0.05) is 6.92 Å². The highest BCUT2D eigenvalue weighted by atomic mass is 19.1. The fourth-order valence-corrected chi connectivity index (χ4v) is 3.53. The topological polar surface area (TPSA) is 69.3 Å². The molecule has 7 heteroatoms. The van der Waals surface area contributed by atoms with Crippen LogP contribution in [0.1, 0.15) is 43.4 Å². The molecule has 144 valence electrons. The summed E-state index contributed by atoms with van der Waals surface area (Å²) < 4.78 is 13.1. The van der Waals surface area contributed by atoms with Gasteiger partial charge in [-0.25, -0.2) is 9.37 Å². The Morgan fingerprint density at radius 3 is 2.37 bits per heavy atom. The van der Waals surface area contributed by atoms with E-state index >= 15 is 0 Å². The number of carbonyl (C=O) groups excluding carboxylic acids is 2. The average Bonchev–Trinajstić information content (AvgIpc) is 3.05. The Balaban J connectivity index is 1.82. The van der Waals surface area contributed by atoms with Crippen LogP contribution in [-0.4, -0.2) is 56.8 Å². The minimum absolute atomic E-state index is 0.0500. The summed E-state index contributed by atoms with van der Waals surface area (Å²) in [5, 5.41) is 0. The standard InChI is InChI=1S/C20H25FN4O2/c1-5-17(26)24-10-11-25(14(4)13(24)3)20(27)18-12(2)22-19(23-18)15-6-8-16(21)9-7-15/h6-9,13-14H,5,10-11H2,1-4H3,(H,22,23)/t13-,14+/m1/s1. The van der Waals surface area contributed by atoms with Gasteiger partial charge in [0.2, 0.25) is 5.91 Å². The first-order valence-electron chi connectivity index (χ1n) is 9.26. The van der Waals surface area contributed by atoms with E-state index in [-0.39, 0.29) is 29.7 Å². The SMILES string of the molecule is CCC(=O)N1CCN(C(=O)c2nc(-c3ccc(F)cc3)[nH]c2C)[C@@H](C)[C@H]1C. The van der Waals surface area contributed by atoms with Crippen LogP contribution in [-0.2, 0) is 4.79 Å². The molecule has 2 aromatic rings. The molecule has 0 spiro atoms. The van der Waals surface area contributed by atoms with E-state index < -0.39 is 0 Å². The number of rotatable bonds is 3. The number of nitrogens with zero attached hydrogens (tertiary/aromatic N) is 3. The zero-order chi connectivity index (χ0) is 19.7. The summed E-state index contributed by atoms with van der Waals surface area (Å²) in [6.07, 6.45) is 0.463. The van der Waals surface area contributed by atoms with Gasteiger partial charge in [0.05, 0.1) is 0 Å². The van der Waals surface area contributed by atoms with Crippen molar-refractivity contribution in [3.8, 4) is 11.4 Å². The van der Waals surface area contributed by atoms with Crippen LogP contribution >= 0.6 is 0 Å². The van der Waals surface area contributed by atoms with Gasteiger partial charge in [-0.2, -0.15) is 0 Å². The van der Waals surface area contributed by atoms with E-state index in [0.29, 0.717) is 36.7 Å². The number of nitrogens with one attached hydrogen (secondary N) is 1. The number of carbonyl (C=O) groups is 2. The predicted molar refractivity (Wildman–Crippen MR) is 101 cm³/mol. The normalized spacial score (nSPS) is 20.0. The van der Waals surface area contributed by atoms with Gasteiger partial charge in [-0.15, -0.1) is 0 Å². The molecule has 0 radical (unpaired) electrons. The highest BCUT2D eigenvalue weighted by molar-refractivity contribution is 5.94. The van der Waals surface area contributed by atoms with Crippen LogP contribution in [0.25, 0.3) is 11.4 Å². The summed E-state index contributed by atoms with van der Waals surface area (Å²) in [5.74, 6) is 0.174. The fraction of sp³-hybridized carbons (Fsp3) is 0.450. The molecule has 3 rings (SSSR count). The summed E-state index contributed by atoms with van der Waals surface area (Å²) in [4.78, 5) is 36.4. The third-order valence-corrected chi connectivity index (χ3v) is 5.35. The van der Waals surface area contributed by atoms with E-state index in [9.17, 15) is 14.0 Å². The predicted octanol–water partition coefficient (Wildman–Crippen LogP) is 3.00. The van der Waals surface area contributed by atoms with Crippen molar-refractivity contribution >= 4 is 11.8 Å². The minimum atomic E-state index is -0.319. The van der Waals surface area contributed by atoms with Gasteiger partial charge in [-0.05, 0) is 45.0 Å². The first-order chi connectivity index (χ1) is 12.8. The summed E-state index contributed by atoms with van der Waals surface area (Å²) in [7, 11) is 0. The molecule has 0 saturated carbocycles.